The van der Waals surface area contributed by atoms with Crippen LogP contribution in [-0.4, -0.2) is 25.5 Å². The molecule has 0 aromatic heterocycles. The molecule has 0 amide bonds. The van der Waals surface area contributed by atoms with Crippen molar-refractivity contribution in [2.24, 2.45) is 5.92 Å². The smallest absolute Gasteiger partial charge is 0.170 e. The Morgan fingerprint density at radius 3 is 2.84 bits per heavy atom. The number of nitrogens with one attached hydrogen (secondary N) is 1. The van der Waals surface area contributed by atoms with E-state index in [4.69, 9.17) is 4.74 Å². The monoisotopic (exact) mass is 261 g/mol. The second kappa shape index (κ2) is 6.20. The van der Waals surface area contributed by atoms with Gasteiger partial charge in [-0.25, -0.2) is 0 Å². The Morgan fingerprint density at radius 2 is 2.21 bits per heavy atom. The van der Waals surface area contributed by atoms with E-state index in [0.717, 1.165) is 48.4 Å². The van der Waals surface area contributed by atoms with E-state index in [2.05, 4.69) is 11.4 Å². The molecule has 19 heavy (non-hydrogen) atoms. The summed E-state index contributed by atoms with van der Waals surface area (Å²) in [4.78, 5) is 12.7. The normalized spacial score (nSPS) is 19.2. The summed E-state index contributed by atoms with van der Waals surface area (Å²) in [6.45, 7) is 8.39. The second-order valence-electron chi connectivity index (χ2n) is 5.30. The highest BCUT2D eigenvalue weighted by Gasteiger charge is 2.25. The van der Waals surface area contributed by atoms with E-state index in [1.54, 1.807) is 0 Å². The topological polar surface area (TPSA) is 38.3 Å². The minimum atomic E-state index is 0.0918. The zero-order valence-electron chi connectivity index (χ0n) is 12.1. The van der Waals surface area contributed by atoms with Crippen LogP contribution in [0.3, 0.4) is 0 Å². The average Bonchev–Trinajstić information content (AvgIpc) is 2.42. The van der Waals surface area contributed by atoms with Crippen LogP contribution in [0.15, 0.2) is 12.1 Å². The highest BCUT2D eigenvalue weighted by atomic mass is 16.5. The summed E-state index contributed by atoms with van der Waals surface area (Å²) in [6.07, 6.45) is 2.05. The molecule has 1 heterocycles. The Morgan fingerprint density at radius 1 is 1.42 bits per heavy atom. The van der Waals surface area contributed by atoms with Crippen LogP contribution in [0.25, 0.3) is 0 Å². The Kier molecular flexibility index (Phi) is 4.59. The molecule has 0 bridgehead atoms. The molecule has 3 heteroatoms. The van der Waals surface area contributed by atoms with Crippen LogP contribution in [0.2, 0.25) is 0 Å². The lowest BCUT2D eigenvalue weighted by Gasteiger charge is -2.23. The van der Waals surface area contributed by atoms with E-state index in [9.17, 15) is 4.79 Å². The molecular weight excluding hydrogens is 238 g/mol. The SMILES string of the molecule is CCOc1c(C)cc(C)cc1C(=O)C1CCCNC1. The minimum Gasteiger partial charge on any atom is -0.493 e. The molecule has 1 aromatic carbocycles. The van der Waals surface area contributed by atoms with E-state index < -0.39 is 0 Å². The maximum Gasteiger partial charge on any atom is 0.170 e. The number of piperidine rings is 1. The molecular formula is C16H23NO2. The van der Waals surface area contributed by atoms with E-state index >= 15 is 0 Å². The first-order chi connectivity index (χ1) is 9.13. The number of hydrogen-bond acceptors (Lipinski definition) is 3. The lowest BCUT2D eigenvalue weighted by atomic mass is 9.89. The molecule has 104 valence electrons. The number of aryl methyl sites for hydroxylation is 2. The van der Waals surface area contributed by atoms with Crippen molar-refractivity contribution in [2.45, 2.75) is 33.6 Å². The second-order valence-corrected chi connectivity index (χ2v) is 5.30. The fourth-order valence-electron chi connectivity index (χ4n) is 2.77. The minimum absolute atomic E-state index is 0.0918. The number of rotatable bonds is 4. The number of carbonyl (C=O) groups excluding carboxylic acids is 1. The van der Waals surface area contributed by atoms with Crippen molar-refractivity contribution in [3.63, 3.8) is 0 Å². The highest BCUT2D eigenvalue weighted by molar-refractivity contribution is 6.01. The lowest BCUT2D eigenvalue weighted by molar-refractivity contribution is 0.0895. The zero-order chi connectivity index (χ0) is 13.8. The Balaban J connectivity index is 2.33. The third kappa shape index (κ3) is 3.16. The fraction of sp³-hybridized carbons (Fsp3) is 0.562. The molecule has 0 aliphatic carbocycles. The number of Topliss-reactive ketones (excluding diaryl/α,β-unsaturated/α-hetero) is 1. The van der Waals surface area contributed by atoms with E-state index in [0.29, 0.717) is 6.61 Å². The van der Waals surface area contributed by atoms with Gasteiger partial charge in [0.25, 0.3) is 0 Å². The van der Waals surface area contributed by atoms with Gasteiger partial charge < -0.3 is 10.1 Å². The Bertz CT molecular complexity index is 462. The van der Waals surface area contributed by atoms with Gasteiger partial charge in [0.1, 0.15) is 5.75 Å². The van der Waals surface area contributed by atoms with Crippen molar-refractivity contribution in [3.05, 3.63) is 28.8 Å². The third-order valence-corrected chi connectivity index (χ3v) is 3.64. The number of carbonyl (C=O) groups is 1. The summed E-state index contributed by atoms with van der Waals surface area (Å²) in [5.41, 5.74) is 2.93. The van der Waals surface area contributed by atoms with Crippen LogP contribution >= 0.6 is 0 Å². The van der Waals surface area contributed by atoms with Crippen LogP contribution in [0.4, 0.5) is 0 Å². The predicted octanol–water partition coefficient (Wildman–Crippen LogP) is 2.88. The maximum absolute atomic E-state index is 12.7. The van der Waals surface area contributed by atoms with Gasteiger partial charge in [0, 0.05) is 12.5 Å². The van der Waals surface area contributed by atoms with Gasteiger partial charge >= 0.3 is 0 Å². The molecule has 1 fully saturated rings. The summed E-state index contributed by atoms with van der Waals surface area (Å²) in [5.74, 6) is 1.08. The van der Waals surface area contributed by atoms with E-state index in [-0.39, 0.29) is 11.7 Å². The van der Waals surface area contributed by atoms with Gasteiger partial charge in [-0.05, 0) is 57.4 Å². The van der Waals surface area contributed by atoms with Gasteiger partial charge in [-0.2, -0.15) is 0 Å². The lowest BCUT2D eigenvalue weighted by Crippen LogP contribution is -2.34. The van der Waals surface area contributed by atoms with Crippen LogP contribution in [-0.2, 0) is 0 Å². The number of hydrogen-bond donors (Lipinski definition) is 1. The summed E-state index contributed by atoms with van der Waals surface area (Å²) >= 11 is 0. The highest BCUT2D eigenvalue weighted by Crippen LogP contribution is 2.29. The summed E-state index contributed by atoms with van der Waals surface area (Å²) in [7, 11) is 0. The molecule has 2 rings (SSSR count). The number of benzene rings is 1. The zero-order valence-corrected chi connectivity index (χ0v) is 12.1. The van der Waals surface area contributed by atoms with Gasteiger partial charge in [-0.15, -0.1) is 0 Å². The van der Waals surface area contributed by atoms with Crippen molar-refractivity contribution in [3.8, 4) is 5.75 Å². The molecule has 3 nitrogen and oxygen atoms in total. The van der Waals surface area contributed by atoms with Crippen molar-refractivity contribution >= 4 is 5.78 Å². The molecule has 0 saturated carbocycles. The van der Waals surface area contributed by atoms with Crippen LogP contribution in [0.1, 0.15) is 41.3 Å². The first-order valence-electron chi connectivity index (χ1n) is 7.12. The molecule has 0 spiro atoms. The van der Waals surface area contributed by atoms with Gasteiger partial charge in [-0.3, -0.25) is 4.79 Å². The quantitative estimate of drug-likeness (QED) is 0.847. The number of ketones is 1. The molecule has 1 saturated heterocycles. The van der Waals surface area contributed by atoms with Crippen molar-refractivity contribution in [2.75, 3.05) is 19.7 Å². The van der Waals surface area contributed by atoms with Gasteiger partial charge in [0.2, 0.25) is 0 Å². The maximum atomic E-state index is 12.7. The van der Waals surface area contributed by atoms with Crippen molar-refractivity contribution in [1.82, 2.24) is 5.32 Å². The van der Waals surface area contributed by atoms with Gasteiger partial charge in [0.15, 0.2) is 5.78 Å². The molecule has 1 aromatic rings. The van der Waals surface area contributed by atoms with Crippen LogP contribution in [0.5, 0.6) is 5.75 Å². The first kappa shape index (κ1) is 14.1. The Hall–Kier alpha value is -1.35. The molecule has 1 N–H and O–H groups in total. The van der Waals surface area contributed by atoms with Gasteiger partial charge in [0.05, 0.1) is 12.2 Å². The van der Waals surface area contributed by atoms with Gasteiger partial charge in [-0.1, -0.05) is 6.07 Å². The van der Waals surface area contributed by atoms with Crippen molar-refractivity contribution < 1.29 is 9.53 Å². The van der Waals surface area contributed by atoms with E-state index in [1.807, 2.05) is 26.8 Å². The summed E-state index contributed by atoms with van der Waals surface area (Å²) in [5, 5.41) is 3.30. The fourth-order valence-corrected chi connectivity index (χ4v) is 2.77. The molecule has 1 unspecified atom stereocenters. The van der Waals surface area contributed by atoms with Crippen LogP contribution < -0.4 is 10.1 Å². The number of ether oxygens (including phenoxy) is 1. The molecule has 1 atom stereocenters. The largest absolute Gasteiger partial charge is 0.493 e. The van der Waals surface area contributed by atoms with E-state index in [1.165, 1.54) is 0 Å². The predicted molar refractivity (Wildman–Crippen MR) is 77.0 cm³/mol. The van der Waals surface area contributed by atoms with Crippen LogP contribution in [0, 0.1) is 19.8 Å². The third-order valence-electron chi connectivity index (χ3n) is 3.64. The molecule has 1 aliphatic rings. The first-order valence-corrected chi connectivity index (χ1v) is 7.12. The standard InChI is InChI=1S/C16H23NO2/c1-4-19-16-12(3)8-11(2)9-14(16)15(18)13-6-5-7-17-10-13/h8-9,13,17H,4-7,10H2,1-3H3. The Labute approximate surface area is 115 Å². The summed E-state index contributed by atoms with van der Waals surface area (Å²) in [6, 6.07) is 4.04. The van der Waals surface area contributed by atoms with Crippen molar-refractivity contribution in [1.29, 1.82) is 0 Å². The molecule has 1 aliphatic heterocycles. The average molecular weight is 261 g/mol. The molecule has 0 radical (unpaired) electrons. The summed E-state index contributed by atoms with van der Waals surface area (Å²) < 4.78 is 5.69.